The maximum atomic E-state index is 14.4. The van der Waals surface area contributed by atoms with Crippen LogP contribution in [0, 0.1) is 19.7 Å². The SMILES string of the molecule is Cc1cc2nc(C(=O)NCC(c3cc4c(c(-c5ccc(F)cc5)n3)OC[C@]4(C)C(N)=O)C(F)(F)F)cc(C)n2n1. The molecule has 2 atom stereocenters. The quantitative estimate of drug-likeness (QED) is 0.349. The molecule has 0 bridgehead atoms. The van der Waals surface area contributed by atoms with Crippen LogP contribution >= 0.6 is 0 Å². The molecule has 3 N–H and O–H groups in total. The van der Waals surface area contributed by atoms with Crippen LogP contribution in [-0.2, 0) is 10.2 Å². The van der Waals surface area contributed by atoms with Crippen molar-refractivity contribution in [3.63, 3.8) is 0 Å². The zero-order valence-corrected chi connectivity index (χ0v) is 21.6. The number of ether oxygens (including phenoxy) is 1. The first-order valence-corrected chi connectivity index (χ1v) is 12.2. The van der Waals surface area contributed by atoms with Crippen molar-refractivity contribution in [1.29, 1.82) is 0 Å². The largest absolute Gasteiger partial charge is 0.489 e. The van der Waals surface area contributed by atoms with E-state index in [9.17, 15) is 27.2 Å². The molecule has 0 radical (unpaired) electrons. The molecule has 0 saturated heterocycles. The number of amides is 2. The molecule has 208 valence electrons. The van der Waals surface area contributed by atoms with Crippen molar-refractivity contribution in [2.75, 3.05) is 13.2 Å². The normalized spacial score (nSPS) is 17.4. The Morgan fingerprint density at radius 1 is 1.15 bits per heavy atom. The van der Waals surface area contributed by atoms with Crippen LogP contribution in [0.15, 0.2) is 42.5 Å². The molecular formula is C27H24F4N6O3. The molecule has 0 saturated carbocycles. The molecule has 5 rings (SSSR count). The second-order valence-corrected chi connectivity index (χ2v) is 9.91. The molecule has 2 amide bonds. The molecule has 1 aliphatic rings. The van der Waals surface area contributed by atoms with Crippen molar-refractivity contribution in [1.82, 2.24) is 24.9 Å². The number of benzene rings is 1. The number of nitrogens with zero attached hydrogens (tertiary/aromatic N) is 4. The van der Waals surface area contributed by atoms with Crippen LogP contribution in [0.25, 0.3) is 16.9 Å². The van der Waals surface area contributed by atoms with Gasteiger partial charge in [0.05, 0.1) is 11.4 Å². The van der Waals surface area contributed by atoms with Gasteiger partial charge >= 0.3 is 6.18 Å². The lowest BCUT2D eigenvalue weighted by atomic mass is 9.82. The molecule has 13 heteroatoms. The molecule has 40 heavy (non-hydrogen) atoms. The Morgan fingerprint density at radius 3 is 2.50 bits per heavy atom. The maximum Gasteiger partial charge on any atom is 0.398 e. The Bertz CT molecular complexity index is 1650. The van der Waals surface area contributed by atoms with Crippen LogP contribution in [0.2, 0.25) is 0 Å². The first-order chi connectivity index (χ1) is 18.8. The molecule has 1 aliphatic heterocycles. The Hall–Kier alpha value is -4.55. The lowest BCUT2D eigenvalue weighted by Crippen LogP contribution is -2.40. The summed E-state index contributed by atoms with van der Waals surface area (Å²) in [4.78, 5) is 33.7. The van der Waals surface area contributed by atoms with Crippen molar-refractivity contribution in [2.24, 2.45) is 5.73 Å². The van der Waals surface area contributed by atoms with Crippen molar-refractivity contribution in [2.45, 2.75) is 38.3 Å². The molecular weight excluding hydrogens is 532 g/mol. The van der Waals surface area contributed by atoms with Crippen LogP contribution in [-0.4, -0.2) is 50.7 Å². The molecule has 1 unspecified atom stereocenters. The number of carbonyl (C=O) groups excluding carboxylic acids is 2. The summed E-state index contributed by atoms with van der Waals surface area (Å²) in [5, 5.41) is 6.57. The number of nitrogens with one attached hydrogen (secondary N) is 1. The first kappa shape index (κ1) is 27.0. The number of pyridine rings is 1. The number of fused-ring (bicyclic) bond motifs is 2. The van der Waals surface area contributed by atoms with Crippen molar-refractivity contribution >= 4 is 17.5 Å². The number of alkyl halides is 3. The first-order valence-electron chi connectivity index (χ1n) is 12.2. The minimum Gasteiger partial charge on any atom is -0.489 e. The van der Waals surface area contributed by atoms with Gasteiger partial charge in [-0.2, -0.15) is 18.3 Å². The van der Waals surface area contributed by atoms with E-state index in [2.05, 4.69) is 20.4 Å². The monoisotopic (exact) mass is 556 g/mol. The van der Waals surface area contributed by atoms with E-state index >= 15 is 0 Å². The summed E-state index contributed by atoms with van der Waals surface area (Å²) in [5.41, 5.74) is 5.66. The second kappa shape index (κ2) is 9.57. The van der Waals surface area contributed by atoms with Gasteiger partial charge in [-0.25, -0.2) is 18.9 Å². The van der Waals surface area contributed by atoms with Gasteiger partial charge in [-0.3, -0.25) is 9.59 Å². The van der Waals surface area contributed by atoms with E-state index in [-0.39, 0.29) is 34.9 Å². The Morgan fingerprint density at radius 2 is 1.85 bits per heavy atom. The molecule has 4 aromatic rings. The van der Waals surface area contributed by atoms with Crippen LogP contribution in [0.3, 0.4) is 0 Å². The summed E-state index contributed by atoms with van der Waals surface area (Å²) >= 11 is 0. The highest BCUT2D eigenvalue weighted by Crippen LogP contribution is 2.46. The van der Waals surface area contributed by atoms with Gasteiger partial charge in [0.25, 0.3) is 5.91 Å². The molecule has 1 aromatic carbocycles. The third-order valence-electron chi connectivity index (χ3n) is 6.93. The number of rotatable bonds is 6. The molecule has 0 spiro atoms. The predicted molar refractivity (Wildman–Crippen MR) is 135 cm³/mol. The van der Waals surface area contributed by atoms with Gasteiger partial charge in [0, 0.05) is 29.4 Å². The molecule has 0 fully saturated rings. The standard InChI is InChI=1S/C27H24F4N6O3/c1-13-8-21-34-20(9-14(2)37(21)36-13)24(38)33-11-18(27(29,30)31)19-10-17-23(40-12-26(17,3)25(32)39)22(35-19)15-4-6-16(28)7-5-15/h4-10,18H,11-12H2,1-3H3,(H2,32,39)(H,33,38)/t18?,26-/m0/s1. The van der Waals surface area contributed by atoms with Gasteiger partial charge in [-0.05, 0) is 57.2 Å². The van der Waals surface area contributed by atoms with Crippen LogP contribution in [0.5, 0.6) is 5.75 Å². The fourth-order valence-electron chi connectivity index (χ4n) is 4.62. The summed E-state index contributed by atoms with van der Waals surface area (Å²) in [7, 11) is 0. The summed E-state index contributed by atoms with van der Waals surface area (Å²) in [6, 6.07) is 9.16. The molecule has 0 aliphatic carbocycles. The van der Waals surface area contributed by atoms with Crippen molar-refractivity contribution in [3.05, 3.63) is 76.6 Å². The number of carbonyl (C=O) groups is 2. The van der Waals surface area contributed by atoms with Crippen molar-refractivity contribution in [3.8, 4) is 17.0 Å². The third kappa shape index (κ3) is 4.71. The number of primary amides is 1. The fraction of sp³-hybridized carbons (Fsp3) is 0.296. The van der Waals surface area contributed by atoms with Gasteiger partial charge in [-0.15, -0.1) is 0 Å². The highest BCUT2D eigenvalue weighted by atomic mass is 19.4. The van der Waals surface area contributed by atoms with Gasteiger partial charge in [0.2, 0.25) is 5.91 Å². The predicted octanol–water partition coefficient (Wildman–Crippen LogP) is 3.76. The highest BCUT2D eigenvalue weighted by molar-refractivity contribution is 5.93. The Labute approximate surface area is 225 Å². The third-order valence-corrected chi connectivity index (χ3v) is 6.93. The van der Waals surface area contributed by atoms with E-state index in [1.165, 1.54) is 29.6 Å². The number of aryl methyl sites for hydroxylation is 2. The van der Waals surface area contributed by atoms with Crippen molar-refractivity contribution < 1.29 is 31.9 Å². The van der Waals surface area contributed by atoms with E-state index in [1.807, 2.05) is 0 Å². The van der Waals surface area contributed by atoms with Crippen LogP contribution in [0.4, 0.5) is 17.6 Å². The lowest BCUT2D eigenvalue weighted by Gasteiger charge is -2.24. The smallest absolute Gasteiger partial charge is 0.398 e. The van der Waals surface area contributed by atoms with Gasteiger partial charge < -0.3 is 15.8 Å². The number of hydrogen-bond donors (Lipinski definition) is 2. The number of aromatic nitrogens is 4. The summed E-state index contributed by atoms with van der Waals surface area (Å²) in [6.45, 7) is 3.84. The van der Waals surface area contributed by atoms with E-state index in [1.54, 1.807) is 19.9 Å². The van der Waals surface area contributed by atoms with E-state index in [4.69, 9.17) is 10.5 Å². The summed E-state index contributed by atoms with van der Waals surface area (Å²) in [6.07, 6.45) is -4.84. The maximum absolute atomic E-state index is 14.4. The second-order valence-electron chi connectivity index (χ2n) is 9.91. The Balaban J connectivity index is 1.54. The van der Waals surface area contributed by atoms with E-state index in [0.29, 0.717) is 17.0 Å². The Kier molecular flexibility index (Phi) is 6.47. The van der Waals surface area contributed by atoms with Gasteiger partial charge in [-0.1, -0.05) is 0 Å². The number of halogens is 4. The summed E-state index contributed by atoms with van der Waals surface area (Å²) < 4.78 is 64.1. The lowest BCUT2D eigenvalue weighted by molar-refractivity contribution is -0.149. The van der Waals surface area contributed by atoms with E-state index in [0.717, 1.165) is 18.2 Å². The topological polar surface area (TPSA) is 124 Å². The van der Waals surface area contributed by atoms with Crippen LogP contribution in [0.1, 0.15) is 46.0 Å². The average molecular weight is 557 g/mol. The highest BCUT2D eigenvalue weighted by Gasteiger charge is 2.47. The zero-order chi connectivity index (χ0) is 29.0. The van der Waals surface area contributed by atoms with E-state index < -0.39 is 47.4 Å². The number of hydrogen-bond acceptors (Lipinski definition) is 6. The average Bonchev–Trinajstić information content (AvgIpc) is 3.44. The van der Waals surface area contributed by atoms with Crippen LogP contribution < -0.4 is 15.8 Å². The minimum absolute atomic E-state index is 0.00287. The molecule has 9 nitrogen and oxygen atoms in total. The fourth-order valence-corrected chi connectivity index (χ4v) is 4.62. The minimum atomic E-state index is -4.84. The zero-order valence-electron chi connectivity index (χ0n) is 21.6. The molecule has 3 aromatic heterocycles. The molecule has 4 heterocycles. The summed E-state index contributed by atoms with van der Waals surface area (Å²) in [5.74, 6) is -4.34. The van der Waals surface area contributed by atoms with Gasteiger partial charge in [0.15, 0.2) is 5.65 Å². The number of nitrogens with two attached hydrogens (primary N) is 1. The van der Waals surface area contributed by atoms with Gasteiger partial charge in [0.1, 0.15) is 40.9 Å².